The molecule has 8 atom stereocenters. The highest BCUT2D eigenvalue weighted by Gasteiger charge is 2.59. The standard InChI is InChI=1S/C29H46F2O3S/c1-18(2)7-6-8-19(3)23-11-12-24-22-10-9-20-17-21(33-26(32)34-29(30,31)35)13-15-27(20,4)25(22)14-16-28(23,24)5/h9,18-19,21-25,35H,6-8,10-17H2,1-5H3/t19-,21?,22+,23-,24+,25+,27+,28-/m1/s1. The maximum atomic E-state index is 12.9. The summed E-state index contributed by atoms with van der Waals surface area (Å²) in [5.41, 5.74) is -1.86. The number of rotatable bonds is 7. The summed E-state index contributed by atoms with van der Waals surface area (Å²) in [6, 6.07) is 0. The van der Waals surface area contributed by atoms with E-state index < -0.39 is 17.7 Å². The molecule has 0 spiro atoms. The molecule has 0 aromatic carbocycles. The van der Waals surface area contributed by atoms with Crippen molar-refractivity contribution in [2.45, 2.75) is 117 Å². The molecular weight excluding hydrogens is 466 g/mol. The fraction of sp³-hybridized carbons (Fsp3) is 0.897. The summed E-state index contributed by atoms with van der Waals surface area (Å²) >= 11 is 2.96. The van der Waals surface area contributed by atoms with Crippen LogP contribution in [0.1, 0.15) is 105 Å². The van der Waals surface area contributed by atoms with Gasteiger partial charge in [0.25, 0.3) is 0 Å². The molecule has 0 aromatic rings. The number of alkyl halides is 2. The lowest BCUT2D eigenvalue weighted by molar-refractivity contribution is -0.143. The highest BCUT2D eigenvalue weighted by Crippen LogP contribution is 2.67. The van der Waals surface area contributed by atoms with Gasteiger partial charge in [0.1, 0.15) is 6.10 Å². The Labute approximate surface area is 216 Å². The lowest BCUT2D eigenvalue weighted by Gasteiger charge is -2.58. The van der Waals surface area contributed by atoms with E-state index in [1.54, 1.807) is 0 Å². The van der Waals surface area contributed by atoms with Gasteiger partial charge in [0.05, 0.1) is 0 Å². The van der Waals surface area contributed by atoms with E-state index in [0.29, 0.717) is 24.2 Å². The minimum absolute atomic E-state index is 0.127. The number of allylic oxidation sites excluding steroid dienone is 1. The number of ether oxygens (including phenoxy) is 2. The zero-order valence-corrected chi connectivity index (χ0v) is 23.2. The van der Waals surface area contributed by atoms with Crippen LogP contribution in [0.3, 0.4) is 0 Å². The van der Waals surface area contributed by atoms with Crippen molar-refractivity contribution in [1.29, 1.82) is 0 Å². The molecule has 6 heteroatoms. The predicted octanol–water partition coefficient (Wildman–Crippen LogP) is 9.03. The van der Waals surface area contributed by atoms with Gasteiger partial charge in [-0.1, -0.05) is 78.2 Å². The first-order chi connectivity index (χ1) is 16.3. The zero-order chi connectivity index (χ0) is 25.6. The molecule has 3 saturated carbocycles. The Bertz CT molecular complexity index is 808. The van der Waals surface area contributed by atoms with Gasteiger partial charge < -0.3 is 9.47 Å². The molecular formula is C29H46F2O3S. The van der Waals surface area contributed by atoms with E-state index in [-0.39, 0.29) is 5.41 Å². The van der Waals surface area contributed by atoms with Crippen molar-refractivity contribution in [2.24, 2.45) is 46.3 Å². The summed E-state index contributed by atoms with van der Waals surface area (Å²) in [4.78, 5) is 11.7. The van der Waals surface area contributed by atoms with Crippen molar-refractivity contribution in [1.82, 2.24) is 0 Å². The lowest BCUT2D eigenvalue weighted by Crippen LogP contribution is -2.51. The van der Waals surface area contributed by atoms with E-state index in [1.807, 2.05) is 0 Å². The van der Waals surface area contributed by atoms with Crippen molar-refractivity contribution < 1.29 is 23.0 Å². The number of hydrogen-bond acceptors (Lipinski definition) is 4. The molecule has 0 aromatic heterocycles. The highest BCUT2D eigenvalue weighted by atomic mass is 32.1. The van der Waals surface area contributed by atoms with Gasteiger partial charge in [-0.3, -0.25) is 0 Å². The van der Waals surface area contributed by atoms with Crippen molar-refractivity contribution in [2.75, 3.05) is 0 Å². The van der Waals surface area contributed by atoms with Gasteiger partial charge in [-0.05, 0) is 91.3 Å². The van der Waals surface area contributed by atoms with Crippen LogP contribution >= 0.6 is 12.6 Å². The van der Waals surface area contributed by atoms with Crippen LogP contribution in [0.25, 0.3) is 0 Å². The summed E-state index contributed by atoms with van der Waals surface area (Å²) in [6.45, 7) is 12.2. The molecule has 0 heterocycles. The third-order valence-electron chi connectivity index (χ3n) is 10.7. The van der Waals surface area contributed by atoms with E-state index in [2.05, 4.69) is 58.1 Å². The van der Waals surface area contributed by atoms with Gasteiger partial charge >= 0.3 is 11.6 Å². The summed E-state index contributed by atoms with van der Waals surface area (Å²) in [6.07, 6.45) is 13.5. The first kappa shape index (κ1) is 27.3. The molecule has 1 unspecified atom stereocenters. The molecule has 4 rings (SSSR count). The number of carbonyl (C=O) groups is 1. The summed E-state index contributed by atoms with van der Waals surface area (Å²) in [5, 5.41) is 0. The van der Waals surface area contributed by atoms with Crippen molar-refractivity contribution in [3.05, 3.63) is 11.6 Å². The first-order valence-corrected chi connectivity index (χ1v) is 14.5. The first-order valence-electron chi connectivity index (χ1n) is 14.0. The molecule has 35 heavy (non-hydrogen) atoms. The van der Waals surface area contributed by atoms with Crippen LogP contribution in [0.5, 0.6) is 0 Å². The van der Waals surface area contributed by atoms with Crippen LogP contribution in [0.2, 0.25) is 0 Å². The Morgan fingerprint density at radius 1 is 1.11 bits per heavy atom. The van der Waals surface area contributed by atoms with Crippen LogP contribution in [0, 0.1) is 46.3 Å². The molecule has 3 fully saturated rings. The molecule has 3 nitrogen and oxygen atoms in total. The predicted molar refractivity (Wildman–Crippen MR) is 138 cm³/mol. The van der Waals surface area contributed by atoms with E-state index >= 15 is 0 Å². The number of thiol groups is 1. The molecule has 0 amide bonds. The Hall–Kier alpha value is -0.780. The molecule has 4 aliphatic rings. The Morgan fingerprint density at radius 3 is 2.54 bits per heavy atom. The average molecular weight is 513 g/mol. The smallest absolute Gasteiger partial charge is 0.431 e. The van der Waals surface area contributed by atoms with Crippen molar-refractivity contribution in [3.8, 4) is 0 Å². The minimum atomic E-state index is -3.81. The second-order valence-corrected chi connectivity index (χ2v) is 13.6. The maximum Gasteiger partial charge on any atom is 0.513 e. The molecule has 200 valence electrons. The molecule has 0 saturated heterocycles. The zero-order valence-electron chi connectivity index (χ0n) is 22.3. The maximum absolute atomic E-state index is 12.9. The summed E-state index contributed by atoms with van der Waals surface area (Å²) in [7, 11) is 0. The summed E-state index contributed by atoms with van der Waals surface area (Å²) < 4.78 is 35.0. The fourth-order valence-corrected chi connectivity index (χ4v) is 9.09. The average Bonchev–Trinajstić information content (AvgIpc) is 3.09. The van der Waals surface area contributed by atoms with Crippen LogP contribution in [-0.2, 0) is 9.47 Å². The van der Waals surface area contributed by atoms with Crippen molar-refractivity contribution >= 4 is 18.8 Å². The van der Waals surface area contributed by atoms with Crippen LogP contribution in [0.15, 0.2) is 11.6 Å². The Balaban J connectivity index is 1.42. The third kappa shape index (κ3) is 5.57. The molecule has 0 bridgehead atoms. The monoisotopic (exact) mass is 512 g/mol. The second kappa shape index (κ2) is 10.2. The quantitative estimate of drug-likeness (QED) is 0.160. The Morgan fingerprint density at radius 2 is 1.86 bits per heavy atom. The topological polar surface area (TPSA) is 35.5 Å². The van der Waals surface area contributed by atoms with Gasteiger partial charge in [0.2, 0.25) is 0 Å². The van der Waals surface area contributed by atoms with Crippen LogP contribution in [-0.4, -0.2) is 17.7 Å². The molecule has 4 aliphatic carbocycles. The normalized spacial score (nSPS) is 39.8. The lowest BCUT2D eigenvalue weighted by atomic mass is 9.47. The Kier molecular flexibility index (Phi) is 7.92. The van der Waals surface area contributed by atoms with Crippen LogP contribution in [0.4, 0.5) is 13.6 Å². The number of hydrogen-bond donors (Lipinski definition) is 1. The molecule has 0 N–H and O–H groups in total. The number of carbonyl (C=O) groups excluding carboxylic acids is 1. The van der Waals surface area contributed by atoms with Crippen LogP contribution < -0.4 is 0 Å². The molecule has 0 aliphatic heterocycles. The minimum Gasteiger partial charge on any atom is -0.431 e. The van der Waals surface area contributed by atoms with Gasteiger partial charge in [0, 0.05) is 6.42 Å². The highest BCUT2D eigenvalue weighted by molar-refractivity contribution is 7.81. The fourth-order valence-electron chi connectivity index (χ4n) is 9.01. The van der Waals surface area contributed by atoms with Gasteiger partial charge in [-0.2, -0.15) is 8.78 Å². The largest absolute Gasteiger partial charge is 0.513 e. The number of fused-ring (bicyclic) bond motifs is 5. The van der Waals surface area contributed by atoms with E-state index in [1.165, 1.54) is 50.5 Å². The number of halogens is 2. The second-order valence-electron chi connectivity index (χ2n) is 13.1. The molecule has 0 radical (unpaired) electrons. The van der Waals surface area contributed by atoms with Gasteiger partial charge in [0.15, 0.2) is 0 Å². The van der Waals surface area contributed by atoms with E-state index in [9.17, 15) is 13.6 Å². The third-order valence-corrected chi connectivity index (χ3v) is 10.8. The van der Waals surface area contributed by atoms with Gasteiger partial charge in [-0.15, -0.1) is 0 Å². The SMILES string of the molecule is CC(C)CCC[C@@H](C)[C@H]1CC[C@H]2[C@@H]3CC=C4CC(OC(=O)OC(F)(F)S)CC[C@]4(C)[C@H]3CC[C@]12C. The van der Waals surface area contributed by atoms with Gasteiger partial charge in [-0.25, -0.2) is 4.79 Å². The van der Waals surface area contributed by atoms with E-state index in [4.69, 9.17) is 4.74 Å². The van der Waals surface area contributed by atoms with E-state index in [0.717, 1.165) is 42.4 Å². The summed E-state index contributed by atoms with van der Waals surface area (Å²) in [5.74, 6) is 4.66. The van der Waals surface area contributed by atoms with Crippen molar-refractivity contribution in [3.63, 3.8) is 0 Å².